The van der Waals surface area contributed by atoms with Gasteiger partial charge in [0.1, 0.15) is 11.3 Å². The van der Waals surface area contributed by atoms with E-state index in [-0.39, 0.29) is 12.5 Å². The van der Waals surface area contributed by atoms with Crippen LogP contribution in [0.2, 0.25) is 0 Å². The summed E-state index contributed by atoms with van der Waals surface area (Å²) >= 11 is 3.36. The second kappa shape index (κ2) is 6.79. The van der Waals surface area contributed by atoms with E-state index in [1.54, 1.807) is 0 Å². The Labute approximate surface area is 142 Å². The molecule has 0 atom stereocenters. The maximum atomic E-state index is 12.0. The van der Waals surface area contributed by atoms with Gasteiger partial charge in [0.25, 0.3) is 5.91 Å². The summed E-state index contributed by atoms with van der Waals surface area (Å²) in [6.07, 6.45) is 0. The van der Waals surface area contributed by atoms with E-state index in [4.69, 9.17) is 4.74 Å². The molecule has 0 bridgehead atoms. The normalized spacial score (nSPS) is 10.5. The van der Waals surface area contributed by atoms with Crippen LogP contribution in [0, 0.1) is 6.92 Å². The van der Waals surface area contributed by atoms with E-state index in [2.05, 4.69) is 26.2 Å². The fourth-order valence-corrected chi connectivity index (χ4v) is 2.47. The van der Waals surface area contributed by atoms with Gasteiger partial charge in [0, 0.05) is 21.2 Å². The van der Waals surface area contributed by atoms with Gasteiger partial charge >= 0.3 is 0 Å². The Morgan fingerprint density at radius 3 is 2.70 bits per heavy atom. The maximum Gasteiger partial charge on any atom is 0.262 e. The molecule has 1 aromatic heterocycles. The third-order valence-electron chi connectivity index (χ3n) is 3.31. The van der Waals surface area contributed by atoms with Crippen LogP contribution in [0.1, 0.15) is 5.69 Å². The van der Waals surface area contributed by atoms with Crippen molar-refractivity contribution < 1.29 is 9.53 Å². The molecule has 0 aliphatic rings. The Morgan fingerprint density at radius 1 is 1.13 bits per heavy atom. The number of fused-ring (bicyclic) bond motifs is 1. The number of nitrogens with one attached hydrogen (secondary N) is 1. The van der Waals surface area contributed by atoms with E-state index >= 15 is 0 Å². The number of pyridine rings is 1. The zero-order valence-electron chi connectivity index (χ0n) is 12.5. The van der Waals surface area contributed by atoms with Gasteiger partial charge in [0.05, 0.1) is 0 Å². The van der Waals surface area contributed by atoms with E-state index < -0.39 is 0 Å². The van der Waals surface area contributed by atoms with Gasteiger partial charge in [-0.05, 0) is 43.3 Å². The topological polar surface area (TPSA) is 51.2 Å². The summed E-state index contributed by atoms with van der Waals surface area (Å²) in [5.74, 6) is 0.397. The number of halogens is 1. The van der Waals surface area contributed by atoms with Gasteiger partial charge in [-0.3, -0.25) is 4.79 Å². The molecule has 3 rings (SSSR count). The number of hydrogen-bond donors (Lipinski definition) is 1. The molecule has 2 aromatic carbocycles. The second-order valence-electron chi connectivity index (χ2n) is 5.12. The van der Waals surface area contributed by atoms with E-state index in [0.717, 1.165) is 26.8 Å². The smallest absolute Gasteiger partial charge is 0.262 e. The van der Waals surface area contributed by atoms with Crippen LogP contribution in [0.3, 0.4) is 0 Å². The van der Waals surface area contributed by atoms with Crippen LogP contribution in [0.4, 0.5) is 5.69 Å². The maximum absolute atomic E-state index is 12.0. The van der Waals surface area contributed by atoms with Crippen LogP contribution < -0.4 is 10.1 Å². The lowest BCUT2D eigenvalue weighted by Crippen LogP contribution is -2.20. The number of aromatic nitrogens is 1. The molecule has 1 N–H and O–H groups in total. The highest BCUT2D eigenvalue weighted by Crippen LogP contribution is 2.24. The van der Waals surface area contributed by atoms with Crippen molar-refractivity contribution in [2.24, 2.45) is 0 Å². The first-order chi connectivity index (χ1) is 11.1. The minimum absolute atomic E-state index is 0.0647. The highest BCUT2D eigenvalue weighted by atomic mass is 79.9. The molecule has 0 aliphatic heterocycles. The number of para-hydroxylation sites is 1. The van der Waals surface area contributed by atoms with E-state index in [9.17, 15) is 4.79 Å². The van der Waals surface area contributed by atoms with Crippen LogP contribution in [-0.2, 0) is 4.79 Å². The van der Waals surface area contributed by atoms with Gasteiger partial charge in [0.15, 0.2) is 6.61 Å². The number of carbonyl (C=O) groups excluding carboxylic acids is 1. The summed E-state index contributed by atoms with van der Waals surface area (Å²) in [6.45, 7) is 1.86. The summed E-state index contributed by atoms with van der Waals surface area (Å²) < 4.78 is 6.61. The molecule has 5 heteroatoms. The molecule has 4 nitrogen and oxygen atoms in total. The molecule has 0 fully saturated rings. The molecule has 0 saturated carbocycles. The minimum Gasteiger partial charge on any atom is -0.481 e. The van der Waals surface area contributed by atoms with Crippen molar-refractivity contribution in [2.75, 3.05) is 11.9 Å². The molecule has 23 heavy (non-hydrogen) atoms. The molecule has 1 amide bonds. The Morgan fingerprint density at radius 2 is 1.91 bits per heavy atom. The summed E-state index contributed by atoms with van der Waals surface area (Å²) in [5.41, 5.74) is 2.41. The standard InChI is InChI=1S/C18H15BrN2O2/c1-12-5-6-13-3-2-4-16(18(13)20-12)23-11-17(22)21-15-9-7-14(19)8-10-15/h2-10H,11H2,1H3,(H,21,22). The quantitative estimate of drug-likeness (QED) is 0.743. The average Bonchev–Trinajstić information content (AvgIpc) is 2.55. The Balaban J connectivity index is 1.69. The van der Waals surface area contributed by atoms with Crippen LogP contribution in [0.15, 0.2) is 59.1 Å². The van der Waals surface area contributed by atoms with Gasteiger partial charge < -0.3 is 10.1 Å². The van der Waals surface area contributed by atoms with Crippen LogP contribution in [0.5, 0.6) is 5.75 Å². The van der Waals surface area contributed by atoms with Crippen LogP contribution >= 0.6 is 15.9 Å². The SMILES string of the molecule is Cc1ccc2cccc(OCC(=O)Nc3ccc(Br)cc3)c2n1. The van der Waals surface area contributed by atoms with Crippen molar-refractivity contribution in [3.8, 4) is 5.75 Å². The van der Waals surface area contributed by atoms with Gasteiger partial charge in [-0.15, -0.1) is 0 Å². The van der Waals surface area contributed by atoms with Crippen LogP contribution in [-0.4, -0.2) is 17.5 Å². The Kier molecular flexibility index (Phi) is 4.57. The zero-order valence-corrected chi connectivity index (χ0v) is 14.1. The molecule has 3 aromatic rings. The third kappa shape index (κ3) is 3.87. The molecule has 116 valence electrons. The minimum atomic E-state index is -0.211. The number of aryl methyl sites for hydroxylation is 1. The van der Waals surface area contributed by atoms with Crippen molar-refractivity contribution in [2.45, 2.75) is 6.92 Å². The molecule has 0 radical (unpaired) electrons. The highest BCUT2D eigenvalue weighted by Gasteiger charge is 2.07. The first-order valence-corrected chi connectivity index (χ1v) is 7.96. The molecular weight excluding hydrogens is 356 g/mol. The number of rotatable bonds is 4. The number of benzene rings is 2. The lowest BCUT2D eigenvalue weighted by Gasteiger charge is -2.10. The summed E-state index contributed by atoms with van der Waals surface area (Å²) in [6, 6.07) is 17.0. The van der Waals surface area contributed by atoms with Gasteiger partial charge in [-0.1, -0.05) is 34.1 Å². The lowest BCUT2D eigenvalue weighted by molar-refractivity contribution is -0.118. The summed E-state index contributed by atoms with van der Waals surface area (Å²) in [4.78, 5) is 16.5. The van der Waals surface area contributed by atoms with Crippen LogP contribution in [0.25, 0.3) is 10.9 Å². The van der Waals surface area contributed by atoms with E-state index in [1.165, 1.54) is 0 Å². The summed E-state index contributed by atoms with van der Waals surface area (Å²) in [5, 5.41) is 3.78. The molecule has 0 saturated heterocycles. The molecule has 0 spiro atoms. The predicted molar refractivity (Wildman–Crippen MR) is 94.7 cm³/mol. The number of nitrogens with zero attached hydrogens (tertiary/aromatic N) is 1. The number of anilines is 1. The van der Waals surface area contributed by atoms with Gasteiger partial charge in [-0.2, -0.15) is 0 Å². The summed E-state index contributed by atoms with van der Waals surface area (Å²) in [7, 11) is 0. The molecular formula is C18H15BrN2O2. The van der Waals surface area contributed by atoms with Crippen molar-refractivity contribution in [3.63, 3.8) is 0 Å². The number of hydrogen-bond acceptors (Lipinski definition) is 3. The third-order valence-corrected chi connectivity index (χ3v) is 3.84. The lowest BCUT2D eigenvalue weighted by atomic mass is 10.2. The molecule has 1 heterocycles. The van der Waals surface area contributed by atoms with Crippen molar-refractivity contribution >= 4 is 38.4 Å². The first-order valence-electron chi connectivity index (χ1n) is 7.16. The van der Waals surface area contributed by atoms with E-state index in [0.29, 0.717) is 5.75 Å². The fraction of sp³-hybridized carbons (Fsp3) is 0.111. The van der Waals surface area contributed by atoms with Crippen molar-refractivity contribution in [1.82, 2.24) is 4.98 Å². The largest absolute Gasteiger partial charge is 0.481 e. The molecule has 0 unspecified atom stereocenters. The molecule has 0 aliphatic carbocycles. The Bertz CT molecular complexity index is 847. The van der Waals surface area contributed by atoms with Crippen molar-refractivity contribution in [1.29, 1.82) is 0 Å². The second-order valence-corrected chi connectivity index (χ2v) is 6.04. The number of carbonyl (C=O) groups is 1. The fourth-order valence-electron chi connectivity index (χ4n) is 2.21. The Hall–Kier alpha value is -2.40. The number of amides is 1. The van der Waals surface area contributed by atoms with E-state index in [1.807, 2.05) is 61.5 Å². The monoisotopic (exact) mass is 370 g/mol. The van der Waals surface area contributed by atoms with Gasteiger partial charge in [0.2, 0.25) is 0 Å². The first kappa shape index (κ1) is 15.5. The van der Waals surface area contributed by atoms with Gasteiger partial charge in [-0.25, -0.2) is 4.98 Å². The number of ether oxygens (including phenoxy) is 1. The van der Waals surface area contributed by atoms with Crippen molar-refractivity contribution in [3.05, 3.63) is 64.8 Å². The predicted octanol–water partition coefficient (Wildman–Crippen LogP) is 4.32. The highest BCUT2D eigenvalue weighted by molar-refractivity contribution is 9.10. The average molecular weight is 371 g/mol. The zero-order chi connectivity index (χ0) is 16.2.